The first-order valence-corrected chi connectivity index (χ1v) is 9.14. The van der Waals surface area contributed by atoms with E-state index in [9.17, 15) is 9.59 Å². The summed E-state index contributed by atoms with van der Waals surface area (Å²) < 4.78 is 11.1. The number of rotatable bonds is 10. The van der Waals surface area contributed by atoms with E-state index in [-0.39, 0.29) is 24.5 Å². The summed E-state index contributed by atoms with van der Waals surface area (Å²) in [5.74, 6) is 0.213. The number of carbonyl (C=O) groups is 2. The average Bonchev–Trinajstić information content (AvgIpc) is 2.57. The Morgan fingerprint density at radius 1 is 1.15 bits per heavy atom. The van der Waals surface area contributed by atoms with Crippen LogP contribution in [0.2, 0.25) is 0 Å². The minimum Gasteiger partial charge on any atom is -0.490 e. The van der Waals surface area contributed by atoms with Crippen LogP contribution in [0.1, 0.15) is 44.0 Å². The maximum absolute atomic E-state index is 12.5. The van der Waals surface area contributed by atoms with Gasteiger partial charge in [0.1, 0.15) is 0 Å². The largest absolute Gasteiger partial charge is 0.490 e. The van der Waals surface area contributed by atoms with Crippen molar-refractivity contribution >= 4 is 11.9 Å². The van der Waals surface area contributed by atoms with Crippen molar-refractivity contribution in [3.63, 3.8) is 0 Å². The van der Waals surface area contributed by atoms with E-state index >= 15 is 0 Å². The van der Waals surface area contributed by atoms with Crippen LogP contribution in [-0.2, 0) is 4.79 Å². The molecule has 0 unspecified atom stereocenters. The maximum Gasteiger partial charge on any atom is 0.317 e. The smallest absolute Gasteiger partial charge is 0.317 e. The lowest BCUT2D eigenvalue weighted by Crippen LogP contribution is -2.54. The Hall–Kier alpha value is -2.28. The molecule has 1 saturated carbocycles. The molecule has 0 heterocycles. The van der Waals surface area contributed by atoms with Gasteiger partial charge in [0, 0.05) is 17.6 Å². The van der Waals surface area contributed by atoms with Crippen LogP contribution in [0.4, 0.5) is 0 Å². The number of benzene rings is 1. The van der Waals surface area contributed by atoms with E-state index in [0.717, 1.165) is 12.8 Å². The number of ether oxygens (including phenoxy) is 2. The molecule has 0 aromatic heterocycles. The van der Waals surface area contributed by atoms with Crippen LogP contribution in [-0.4, -0.2) is 60.3 Å². The highest BCUT2D eigenvalue weighted by atomic mass is 16.5. The third-order valence-electron chi connectivity index (χ3n) is 4.51. The lowest BCUT2D eigenvalue weighted by molar-refractivity contribution is -0.139. The second-order valence-corrected chi connectivity index (χ2v) is 6.28. The van der Waals surface area contributed by atoms with Gasteiger partial charge in [-0.25, -0.2) is 0 Å². The molecule has 144 valence electrons. The summed E-state index contributed by atoms with van der Waals surface area (Å²) in [6.07, 6.45) is 1.53. The van der Waals surface area contributed by atoms with Crippen molar-refractivity contribution in [1.82, 2.24) is 10.2 Å². The van der Waals surface area contributed by atoms with Gasteiger partial charge in [0.25, 0.3) is 5.91 Å². The number of carboxylic acid groups (broad SMARTS) is 1. The quantitative estimate of drug-likeness (QED) is 0.661. The number of amides is 1. The van der Waals surface area contributed by atoms with Gasteiger partial charge in [-0.1, -0.05) is 6.92 Å². The van der Waals surface area contributed by atoms with Crippen LogP contribution < -0.4 is 14.8 Å². The molecular formula is C19H28N2O5. The van der Waals surface area contributed by atoms with Gasteiger partial charge in [-0.15, -0.1) is 0 Å². The number of carboxylic acids is 1. The average molecular weight is 364 g/mol. The van der Waals surface area contributed by atoms with E-state index in [2.05, 4.69) is 5.32 Å². The molecule has 0 saturated heterocycles. The van der Waals surface area contributed by atoms with E-state index in [1.807, 2.05) is 25.7 Å². The summed E-state index contributed by atoms with van der Waals surface area (Å²) >= 11 is 0. The molecule has 0 aliphatic heterocycles. The SMILES string of the molecule is CCOc1ccc(C(=O)NC2CC(N(CC)CC(=O)O)C2)cc1OCC. The number of hydrogen-bond donors (Lipinski definition) is 2. The van der Waals surface area contributed by atoms with E-state index in [4.69, 9.17) is 14.6 Å². The first-order valence-electron chi connectivity index (χ1n) is 9.14. The number of nitrogens with zero attached hydrogens (tertiary/aromatic N) is 1. The number of carbonyl (C=O) groups excluding carboxylic acids is 1. The van der Waals surface area contributed by atoms with Gasteiger partial charge in [-0.3, -0.25) is 14.5 Å². The van der Waals surface area contributed by atoms with E-state index in [1.165, 1.54) is 0 Å². The lowest BCUT2D eigenvalue weighted by atomic mass is 9.85. The lowest BCUT2D eigenvalue weighted by Gasteiger charge is -2.42. The molecule has 26 heavy (non-hydrogen) atoms. The second-order valence-electron chi connectivity index (χ2n) is 6.28. The van der Waals surface area contributed by atoms with E-state index in [0.29, 0.717) is 36.8 Å². The molecular weight excluding hydrogens is 336 g/mol. The number of likely N-dealkylation sites (N-methyl/N-ethyl adjacent to an activating group) is 1. The molecule has 7 heteroatoms. The number of hydrogen-bond acceptors (Lipinski definition) is 5. The van der Waals surface area contributed by atoms with Crippen LogP contribution in [0.5, 0.6) is 11.5 Å². The van der Waals surface area contributed by atoms with Gasteiger partial charge in [0.2, 0.25) is 0 Å². The first-order chi connectivity index (χ1) is 12.5. The summed E-state index contributed by atoms with van der Waals surface area (Å²) in [7, 11) is 0. The predicted octanol–water partition coefficient (Wildman–Crippen LogP) is 2.15. The molecule has 2 N–H and O–H groups in total. The van der Waals surface area contributed by atoms with Gasteiger partial charge < -0.3 is 19.9 Å². The van der Waals surface area contributed by atoms with Gasteiger partial charge in [0.15, 0.2) is 11.5 Å². The van der Waals surface area contributed by atoms with Crippen LogP contribution in [0.25, 0.3) is 0 Å². The fraction of sp³-hybridized carbons (Fsp3) is 0.579. The summed E-state index contributed by atoms with van der Waals surface area (Å²) in [6.45, 7) is 7.48. The molecule has 7 nitrogen and oxygen atoms in total. The highest BCUT2D eigenvalue weighted by Gasteiger charge is 2.34. The summed E-state index contributed by atoms with van der Waals surface area (Å²) in [5.41, 5.74) is 0.526. The zero-order valence-corrected chi connectivity index (χ0v) is 15.7. The molecule has 1 fully saturated rings. The first kappa shape index (κ1) is 20.0. The molecule has 0 spiro atoms. The minimum absolute atomic E-state index is 0.0401. The van der Waals surface area contributed by atoms with Crippen LogP contribution in [0.15, 0.2) is 18.2 Å². The molecule has 0 bridgehead atoms. The Bertz CT molecular complexity index is 628. The fourth-order valence-electron chi connectivity index (χ4n) is 3.14. The standard InChI is InChI=1S/C19H28N2O5/c1-4-21(12-18(22)23)15-10-14(11-15)20-19(24)13-7-8-16(25-5-2)17(9-13)26-6-3/h7-9,14-15H,4-6,10-12H2,1-3H3,(H,20,24)(H,22,23). The molecule has 1 aliphatic carbocycles. The molecule has 2 rings (SSSR count). The van der Waals surface area contributed by atoms with Crippen molar-refractivity contribution in [3.8, 4) is 11.5 Å². The van der Waals surface area contributed by atoms with E-state index in [1.54, 1.807) is 18.2 Å². The third kappa shape index (κ3) is 5.11. The monoisotopic (exact) mass is 364 g/mol. The topological polar surface area (TPSA) is 88.1 Å². The van der Waals surface area contributed by atoms with Crippen LogP contribution >= 0.6 is 0 Å². The van der Waals surface area contributed by atoms with Crippen molar-refractivity contribution in [3.05, 3.63) is 23.8 Å². The molecule has 1 aliphatic rings. The van der Waals surface area contributed by atoms with Crippen LogP contribution in [0.3, 0.4) is 0 Å². The second kappa shape index (κ2) is 9.43. The van der Waals surface area contributed by atoms with Gasteiger partial charge >= 0.3 is 5.97 Å². The maximum atomic E-state index is 12.5. The number of nitrogens with one attached hydrogen (secondary N) is 1. The summed E-state index contributed by atoms with van der Waals surface area (Å²) in [6, 6.07) is 5.45. The zero-order valence-electron chi connectivity index (χ0n) is 15.7. The zero-order chi connectivity index (χ0) is 19.1. The summed E-state index contributed by atoms with van der Waals surface area (Å²) in [5, 5.41) is 11.9. The fourth-order valence-corrected chi connectivity index (χ4v) is 3.14. The van der Waals surface area contributed by atoms with Crippen LogP contribution in [0, 0.1) is 0 Å². The Kier molecular flexibility index (Phi) is 7.26. The normalized spacial score (nSPS) is 18.9. The Labute approximate surface area is 154 Å². The Balaban J connectivity index is 1.92. The molecule has 1 amide bonds. The Morgan fingerprint density at radius 2 is 1.81 bits per heavy atom. The molecule has 1 aromatic rings. The minimum atomic E-state index is -0.822. The van der Waals surface area contributed by atoms with Gasteiger partial charge in [-0.2, -0.15) is 0 Å². The number of aliphatic carboxylic acids is 1. The highest BCUT2D eigenvalue weighted by Crippen LogP contribution is 2.29. The van der Waals surface area contributed by atoms with Crippen molar-refractivity contribution in [2.24, 2.45) is 0 Å². The van der Waals surface area contributed by atoms with Gasteiger partial charge in [-0.05, 0) is 51.4 Å². The van der Waals surface area contributed by atoms with Gasteiger partial charge in [0.05, 0.1) is 19.8 Å². The highest BCUT2D eigenvalue weighted by molar-refractivity contribution is 5.95. The molecule has 0 radical (unpaired) electrons. The summed E-state index contributed by atoms with van der Waals surface area (Å²) in [4.78, 5) is 25.3. The Morgan fingerprint density at radius 3 is 2.38 bits per heavy atom. The predicted molar refractivity (Wildman–Crippen MR) is 97.9 cm³/mol. The molecule has 1 aromatic carbocycles. The van der Waals surface area contributed by atoms with Crippen molar-refractivity contribution in [2.75, 3.05) is 26.3 Å². The molecule has 0 atom stereocenters. The van der Waals surface area contributed by atoms with E-state index < -0.39 is 5.97 Å². The third-order valence-corrected chi connectivity index (χ3v) is 4.51. The van der Waals surface area contributed by atoms with Crippen molar-refractivity contribution in [2.45, 2.75) is 45.7 Å². The van der Waals surface area contributed by atoms with Crippen molar-refractivity contribution < 1.29 is 24.2 Å². The van der Waals surface area contributed by atoms with Crippen molar-refractivity contribution in [1.29, 1.82) is 0 Å².